The lowest BCUT2D eigenvalue weighted by Crippen LogP contribution is -2.11. The van der Waals surface area contributed by atoms with Gasteiger partial charge in [0, 0.05) is 11.6 Å². The zero-order valence-corrected chi connectivity index (χ0v) is 14.6. The average molecular weight is 389 g/mol. The first-order valence-corrected chi connectivity index (χ1v) is 8.45. The first-order valence-electron chi connectivity index (χ1n) is 6.84. The van der Waals surface area contributed by atoms with Crippen molar-refractivity contribution in [2.75, 3.05) is 5.43 Å². The van der Waals surface area contributed by atoms with Gasteiger partial charge in [-0.1, -0.05) is 30.3 Å². The first-order chi connectivity index (χ1) is 11.1. The Hall–Kier alpha value is -2.25. The maximum absolute atomic E-state index is 11.8. The van der Waals surface area contributed by atoms with Crippen LogP contribution in [0.3, 0.4) is 0 Å². The van der Waals surface area contributed by atoms with E-state index < -0.39 is 0 Å². The molecular formula is C16H13BrN4OS. The molecule has 5 nitrogen and oxygen atoms in total. The van der Waals surface area contributed by atoms with Gasteiger partial charge in [-0.3, -0.25) is 9.78 Å². The molecule has 0 aliphatic carbocycles. The fourth-order valence-corrected chi connectivity index (χ4v) is 3.30. The van der Waals surface area contributed by atoms with Crippen molar-refractivity contribution in [1.82, 2.24) is 9.97 Å². The topological polar surface area (TPSA) is 70.1 Å². The van der Waals surface area contributed by atoms with Crippen LogP contribution in [0.4, 0.5) is 5.95 Å². The Bertz CT molecular complexity index is 902. The number of H-pyrrole nitrogens is 1. The Labute approximate surface area is 145 Å². The van der Waals surface area contributed by atoms with Gasteiger partial charge < -0.3 is 0 Å². The quantitative estimate of drug-likeness (QED) is 0.522. The highest BCUT2D eigenvalue weighted by Gasteiger charge is 2.05. The number of nitrogens with zero attached hydrogens (tertiary/aromatic N) is 2. The monoisotopic (exact) mass is 388 g/mol. The minimum absolute atomic E-state index is 0.229. The van der Waals surface area contributed by atoms with Gasteiger partial charge in [-0.25, -0.2) is 10.4 Å². The summed E-state index contributed by atoms with van der Waals surface area (Å²) >= 11 is 5.01. The van der Waals surface area contributed by atoms with Crippen molar-refractivity contribution in [3.8, 4) is 11.3 Å². The Kier molecular flexibility index (Phi) is 4.68. The van der Waals surface area contributed by atoms with E-state index >= 15 is 0 Å². The lowest BCUT2D eigenvalue weighted by molar-refractivity contribution is 1.08. The minimum atomic E-state index is -0.229. The van der Waals surface area contributed by atoms with Gasteiger partial charge in [0.2, 0.25) is 5.95 Å². The van der Waals surface area contributed by atoms with Gasteiger partial charge in [0.15, 0.2) is 0 Å². The summed E-state index contributed by atoms with van der Waals surface area (Å²) in [4.78, 5) is 19.9. The van der Waals surface area contributed by atoms with Crippen LogP contribution in [0.5, 0.6) is 0 Å². The summed E-state index contributed by atoms with van der Waals surface area (Å²) in [7, 11) is 0. The number of benzene rings is 1. The fraction of sp³-hybridized carbons (Fsp3) is 0.0625. The lowest BCUT2D eigenvalue weighted by Gasteiger charge is -2.04. The summed E-state index contributed by atoms with van der Waals surface area (Å²) in [6, 6.07) is 15.0. The van der Waals surface area contributed by atoms with E-state index in [-0.39, 0.29) is 5.56 Å². The first kappa shape index (κ1) is 15.6. The molecule has 0 radical (unpaired) electrons. The van der Waals surface area contributed by atoms with Gasteiger partial charge in [0.25, 0.3) is 5.56 Å². The summed E-state index contributed by atoms with van der Waals surface area (Å²) in [5, 5.41) is 4.28. The van der Waals surface area contributed by atoms with E-state index in [4.69, 9.17) is 0 Å². The molecule has 0 saturated carbocycles. The number of rotatable bonds is 4. The predicted octanol–water partition coefficient (Wildman–Crippen LogP) is 4.10. The fourth-order valence-electron chi connectivity index (χ4n) is 1.97. The van der Waals surface area contributed by atoms with Crippen molar-refractivity contribution in [3.05, 3.63) is 67.5 Å². The van der Waals surface area contributed by atoms with Gasteiger partial charge in [0.1, 0.15) is 0 Å². The number of hydrogen-bond donors (Lipinski definition) is 2. The van der Waals surface area contributed by atoms with E-state index in [1.165, 1.54) is 6.07 Å². The maximum Gasteiger partial charge on any atom is 0.252 e. The molecule has 0 aliphatic rings. The standard InChI is InChI=1S/C16H13BrN4OS/c1-10(13-7-8-14(17)23-13)20-21-16-18-12(9-15(22)19-16)11-5-3-2-4-6-11/h2-9H,1H3,(H2,18,19,21,22)/b20-10-. The van der Waals surface area contributed by atoms with E-state index in [0.29, 0.717) is 11.6 Å². The number of aromatic nitrogens is 2. The van der Waals surface area contributed by atoms with Crippen LogP contribution in [0, 0.1) is 0 Å². The third-order valence-corrected chi connectivity index (χ3v) is 4.80. The van der Waals surface area contributed by atoms with Crippen LogP contribution in [0.25, 0.3) is 11.3 Å². The van der Waals surface area contributed by atoms with Crippen molar-refractivity contribution < 1.29 is 0 Å². The number of hydrogen-bond acceptors (Lipinski definition) is 5. The molecule has 2 aromatic heterocycles. The van der Waals surface area contributed by atoms with E-state index in [0.717, 1.165) is 19.9 Å². The predicted molar refractivity (Wildman–Crippen MR) is 98.1 cm³/mol. The number of thiophene rings is 1. The van der Waals surface area contributed by atoms with Gasteiger partial charge in [0.05, 0.1) is 20.1 Å². The molecule has 3 aromatic rings. The summed E-state index contributed by atoms with van der Waals surface area (Å²) in [6.45, 7) is 1.89. The largest absolute Gasteiger partial charge is 0.291 e. The van der Waals surface area contributed by atoms with Crippen LogP contribution < -0.4 is 11.0 Å². The Morgan fingerprint density at radius 1 is 1.26 bits per heavy atom. The van der Waals surface area contributed by atoms with Crippen LogP contribution in [0.2, 0.25) is 0 Å². The van der Waals surface area contributed by atoms with E-state index in [1.807, 2.05) is 49.4 Å². The van der Waals surface area contributed by atoms with Crippen molar-refractivity contribution in [2.45, 2.75) is 6.92 Å². The summed E-state index contributed by atoms with van der Waals surface area (Å²) < 4.78 is 1.04. The normalized spacial score (nSPS) is 11.5. The van der Waals surface area contributed by atoms with Crippen LogP contribution in [-0.4, -0.2) is 15.7 Å². The molecule has 0 saturated heterocycles. The van der Waals surface area contributed by atoms with Gasteiger partial charge in [-0.05, 0) is 35.0 Å². The second-order valence-electron chi connectivity index (χ2n) is 4.76. The molecule has 0 spiro atoms. The second kappa shape index (κ2) is 6.89. The molecule has 1 aromatic carbocycles. The molecule has 0 fully saturated rings. The van der Waals surface area contributed by atoms with Crippen molar-refractivity contribution >= 4 is 38.9 Å². The SMILES string of the molecule is C/C(=N/Nc1nc(-c2ccccc2)cc(=O)[nH]1)c1ccc(Br)s1. The molecule has 3 rings (SSSR count). The number of halogens is 1. The number of hydrazone groups is 1. The average Bonchev–Trinajstić information content (AvgIpc) is 2.99. The molecule has 2 heterocycles. The zero-order chi connectivity index (χ0) is 16.2. The van der Waals surface area contributed by atoms with E-state index in [2.05, 4.69) is 36.4 Å². The van der Waals surface area contributed by atoms with Gasteiger partial charge in [-0.2, -0.15) is 5.10 Å². The Morgan fingerprint density at radius 3 is 2.74 bits per heavy atom. The third-order valence-electron chi connectivity index (χ3n) is 3.07. The van der Waals surface area contributed by atoms with Crippen LogP contribution in [0.15, 0.2) is 62.2 Å². The molecule has 0 atom stereocenters. The third kappa shape index (κ3) is 3.94. The van der Waals surface area contributed by atoms with E-state index in [9.17, 15) is 4.79 Å². The molecule has 7 heteroatoms. The molecule has 0 amide bonds. The highest BCUT2D eigenvalue weighted by atomic mass is 79.9. The van der Waals surface area contributed by atoms with Crippen LogP contribution in [-0.2, 0) is 0 Å². The number of aromatic amines is 1. The van der Waals surface area contributed by atoms with Gasteiger partial charge in [-0.15, -0.1) is 11.3 Å². The van der Waals surface area contributed by atoms with Crippen molar-refractivity contribution in [3.63, 3.8) is 0 Å². The zero-order valence-electron chi connectivity index (χ0n) is 12.2. The summed E-state index contributed by atoms with van der Waals surface area (Å²) in [6.07, 6.45) is 0. The molecule has 23 heavy (non-hydrogen) atoms. The van der Waals surface area contributed by atoms with Crippen molar-refractivity contribution in [2.24, 2.45) is 5.10 Å². The summed E-state index contributed by atoms with van der Waals surface area (Å²) in [5.41, 5.74) is 4.88. The van der Waals surface area contributed by atoms with Gasteiger partial charge >= 0.3 is 0 Å². The van der Waals surface area contributed by atoms with Crippen molar-refractivity contribution in [1.29, 1.82) is 0 Å². The van der Waals surface area contributed by atoms with Crippen LogP contribution >= 0.6 is 27.3 Å². The number of nitrogens with one attached hydrogen (secondary N) is 2. The highest BCUT2D eigenvalue weighted by Crippen LogP contribution is 2.22. The molecule has 0 bridgehead atoms. The number of anilines is 1. The second-order valence-corrected chi connectivity index (χ2v) is 7.22. The summed E-state index contributed by atoms with van der Waals surface area (Å²) in [5.74, 6) is 0.311. The molecule has 0 aliphatic heterocycles. The minimum Gasteiger partial charge on any atom is -0.291 e. The Morgan fingerprint density at radius 2 is 2.04 bits per heavy atom. The molecule has 2 N–H and O–H groups in total. The lowest BCUT2D eigenvalue weighted by atomic mass is 10.1. The maximum atomic E-state index is 11.8. The molecule has 116 valence electrons. The Balaban J connectivity index is 1.86. The molecular weight excluding hydrogens is 376 g/mol. The highest BCUT2D eigenvalue weighted by molar-refractivity contribution is 9.11. The molecule has 0 unspecified atom stereocenters. The van der Waals surface area contributed by atoms with Crippen LogP contribution in [0.1, 0.15) is 11.8 Å². The van der Waals surface area contributed by atoms with E-state index in [1.54, 1.807) is 11.3 Å². The smallest absolute Gasteiger partial charge is 0.252 e.